The first-order valence-electron chi connectivity index (χ1n) is 6.40. The lowest BCUT2D eigenvalue weighted by Crippen LogP contribution is -2.26. The zero-order valence-electron chi connectivity index (χ0n) is 10.8. The number of hydrogen-bond donors (Lipinski definition) is 1. The van der Waals surface area contributed by atoms with Gasteiger partial charge >= 0.3 is 0 Å². The second kappa shape index (κ2) is 7.43. The van der Waals surface area contributed by atoms with E-state index >= 15 is 0 Å². The Morgan fingerprint density at radius 3 is 2.26 bits per heavy atom. The Morgan fingerprint density at radius 2 is 1.58 bits per heavy atom. The van der Waals surface area contributed by atoms with E-state index in [0.717, 1.165) is 17.6 Å². The zero-order chi connectivity index (χ0) is 13.5. The molecular weight excluding hydrogens is 302 g/mol. The van der Waals surface area contributed by atoms with Crippen molar-refractivity contribution in [3.63, 3.8) is 0 Å². The van der Waals surface area contributed by atoms with Crippen molar-refractivity contribution in [2.24, 2.45) is 0 Å². The first-order valence-corrected chi connectivity index (χ1v) is 7.19. The van der Waals surface area contributed by atoms with Gasteiger partial charge in [-0.3, -0.25) is 4.90 Å². The molecule has 2 rings (SSSR count). The fraction of sp³-hybridized carbons (Fsp3) is 0.250. The van der Waals surface area contributed by atoms with Gasteiger partial charge in [-0.1, -0.05) is 64.5 Å². The molecule has 2 nitrogen and oxygen atoms in total. The smallest absolute Gasteiger partial charge is 0.0558 e. The minimum absolute atomic E-state index is 0.178. The average molecular weight is 320 g/mol. The number of halogens is 1. The van der Waals surface area contributed by atoms with Crippen molar-refractivity contribution in [1.29, 1.82) is 0 Å². The minimum atomic E-state index is 0.178. The molecule has 2 aromatic rings. The molecule has 0 aromatic heterocycles. The highest BCUT2D eigenvalue weighted by Gasteiger charge is 2.08. The fourth-order valence-corrected chi connectivity index (χ4v) is 2.47. The van der Waals surface area contributed by atoms with Crippen LogP contribution in [0.2, 0.25) is 0 Å². The van der Waals surface area contributed by atoms with Gasteiger partial charge in [0.05, 0.1) is 6.61 Å². The fourth-order valence-electron chi connectivity index (χ4n) is 2.06. The highest BCUT2D eigenvalue weighted by atomic mass is 79.9. The molecule has 0 heterocycles. The van der Waals surface area contributed by atoms with Crippen molar-refractivity contribution in [3.8, 4) is 0 Å². The number of aliphatic hydroxyl groups excluding tert-OH is 1. The number of rotatable bonds is 6. The molecule has 0 unspecified atom stereocenters. The summed E-state index contributed by atoms with van der Waals surface area (Å²) in [6, 6.07) is 18.6. The molecule has 1 N–H and O–H groups in total. The van der Waals surface area contributed by atoms with Crippen LogP contribution < -0.4 is 0 Å². The molecule has 0 aliphatic carbocycles. The maximum absolute atomic E-state index is 9.21. The zero-order valence-corrected chi connectivity index (χ0v) is 12.4. The topological polar surface area (TPSA) is 23.5 Å². The first-order chi connectivity index (χ1) is 9.29. The van der Waals surface area contributed by atoms with Crippen LogP contribution in [0.4, 0.5) is 0 Å². The summed E-state index contributed by atoms with van der Waals surface area (Å²) in [5.74, 6) is 0. The molecule has 19 heavy (non-hydrogen) atoms. The Morgan fingerprint density at radius 1 is 0.895 bits per heavy atom. The molecule has 0 aliphatic rings. The summed E-state index contributed by atoms with van der Waals surface area (Å²) in [7, 11) is 0. The van der Waals surface area contributed by atoms with Gasteiger partial charge in [0.25, 0.3) is 0 Å². The van der Waals surface area contributed by atoms with Crippen molar-refractivity contribution in [1.82, 2.24) is 4.90 Å². The molecule has 0 fully saturated rings. The summed E-state index contributed by atoms with van der Waals surface area (Å²) < 4.78 is 1.12. The van der Waals surface area contributed by atoms with Gasteiger partial charge in [-0.25, -0.2) is 0 Å². The highest BCUT2D eigenvalue weighted by Crippen LogP contribution is 2.18. The van der Waals surface area contributed by atoms with E-state index in [0.29, 0.717) is 6.54 Å². The summed E-state index contributed by atoms with van der Waals surface area (Å²) in [5, 5.41) is 9.21. The van der Waals surface area contributed by atoms with Crippen LogP contribution >= 0.6 is 15.9 Å². The molecule has 0 aliphatic heterocycles. The van der Waals surface area contributed by atoms with Crippen molar-refractivity contribution >= 4 is 15.9 Å². The molecule has 0 saturated carbocycles. The third-order valence-corrected chi connectivity index (χ3v) is 3.79. The van der Waals surface area contributed by atoms with Gasteiger partial charge in [-0.05, 0) is 17.2 Å². The molecule has 0 saturated heterocycles. The van der Waals surface area contributed by atoms with Crippen LogP contribution in [0.15, 0.2) is 59.1 Å². The Bertz CT molecular complexity index is 501. The molecule has 0 radical (unpaired) electrons. The molecule has 0 amide bonds. The van der Waals surface area contributed by atoms with Gasteiger partial charge in [0.1, 0.15) is 0 Å². The molecular formula is C16H18BrNO. The quantitative estimate of drug-likeness (QED) is 0.881. The highest BCUT2D eigenvalue weighted by molar-refractivity contribution is 9.10. The average Bonchev–Trinajstić information content (AvgIpc) is 2.43. The normalized spacial score (nSPS) is 10.9. The molecule has 2 aromatic carbocycles. The van der Waals surface area contributed by atoms with Crippen LogP contribution in [0.1, 0.15) is 11.1 Å². The molecule has 0 atom stereocenters. The lowest BCUT2D eigenvalue weighted by Gasteiger charge is -2.22. The number of aliphatic hydroxyl groups is 1. The Kier molecular flexibility index (Phi) is 5.58. The second-order valence-corrected chi connectivity index (χ2v) is 5.37. The van der Waals surface area contributed by atoms with E-state index in [4.69, 9.17) is 0 Å². The Balaban J connectivity index is 2.06. The van der Waals surface area contributed by atoms with Crippen molar-refractivity contribution in [2.75, 3.05) is 13.2 Å². The van der Waals surface area contributed by atoms with Gasteiger partial charge in [0.15, 0.2) is 0 Å². The van der Waals surface area contributed by atoms with Crippen LogP contribution in [-0.2, 0) is 13.1 Å². The van der Waals surface area contributed by atoms with Crippen molar-refractivity contribution in [2.45, 2.75) is 13.1 Å². The molecule has 0 bridgehead atoms. The molecule has 100 valence electrons. The summed E-state index contributed by atoms with van der Waals surface area (Å²) in [4.78, 5) is 2.25. The summed E-state index contributed by atoms with van der Waals surface area (Å²) >= 11 is 3.57. The van der Waals surface area contributed by atoms with Gasteiger partial charge in [0, 0.05) is 24.1 Å². The third-order valence-electron chi connectivity index (χ3n) is 3.02. The number of nitrogens with zero attached hydrogens (tertiary/aromatic N) is 1. The number of hydrogen-bond acceptors (Lipinski definition) is 2. The van der Waals surface area contributed by atoms with E-state index in [1.165, 1.54) is 11.1 Å². The van der Waals surface area contributed by atoms with E-state index in [-0.39, 0.29) is 6.61 Å². The summed E-state index contributed by atoms with van der Waals surface area (Å²) in [5.41, 5.74) is 2.51. The van der Waals surface area contributed by atoms with Gasteiger partial charge in [-0.15, -0.1) is 0 Å². The predicted octanol–water partition coefficient (Wildman–Crippen LogP) is 3.44. The SMILES string of the molecule is OCCN(Cc1ccccc1)Cc1ccccc1Br. The minimum Gasteiger partial charge on any atom is -0.395 e. The number of benzene rings is 2. The van der Waals surface area contributed by atoms with Crippen LogP contribution in [0.25, 0.3) is 0 Å². The van der Waals surface area contributed by atoms with Crippen LogP contribution in [0, 0.1) is 0 Å². The largest absolute Gasteiger partial charge is 0.395 e. The van der Waals surface area contributed by atoms with Crippen LogP contribution in [0.3, 0.4) is 0 Å². The Hall–Kier alpha value is -1.16. The summed E-state index contributed by atoms with van der Waals surface area (Å²) in [6.07, 6.45) is 0. The maximum Gasteiger partial charge on any atom is 0.0558 e. The lowest BCUT2D eigenvalue weighted by molar-refractivity contribution is 0.184. The van der Waals surface area contributed by atoms with E-state index in [1.807, 2.05) is 30.3 Å². The summed E-state index contributed by atoms with van der Waals surface area (Å²) in [6.45, 7) is 2.53. The second-order valence-electron chi connectivity index (χ2n) is 4.51. The van der Waals surface area contributed by atoms with Gasteiger partial charge < -0.3 is 5.11 Å². The van der Waals surface area contributed by atoms with Crippen molar-refractivity contribution < 1.29 is 5.11 Å². The van der Waals surface area contributed by atoms with E-state index < -0.39 is 0 Å². The van der Waals surface area contributed by atoms with Crippen LogP contribution in [0.5, 0.6) is 0 Å². The Labute approximate surface area is 122 Å². The van der Waals surface area contributed by atoms with Crippen molar-refractivity contribution in [3.05, 3.63) is 70.2 Å². The monoisotopic (exact) mass is 319 g/mol. The van der Waals surface area contributed by atoms with E-state index in [9.17, 15) is 5.11 Å². The lowest BCUT2D eigenvalue weighted by atomic mass is 10.1. The standard InChI is InChI=1S/C16H18BrNO/c17-16-9-5-4-8-15(16)13-18(10-11-19)12-14-6-2-1-3-7-14/h1-9,19H,10-13H2. The van der Waals surface area contributed by atoms with Gasteiger partial charge in [-0.2, -0.15) is 0 Å². The first kappa shape index (κ1) is 14.3. The van der Waals surface area contributed by atoms with Gasteiger partial charge in [0.2, 0.25) is 0 Å². The third kappa shape index (κ3) is 4.46. The molecule has 3 heteroatoms. The maximum atomic E-state index is 9.21. The van der Waals surface area contributed by atoms with Crippen LogP contribution in [-0.4, -0.2) is 23.2 Å². The molecule has 0 spiro atoms. The van der Waals surface area contributed by atoms with E-state index in [2.05, 4.69) is 45.1 Å². The predicted molar refractivity (Wildman–Crippen MR) is 81.8 cm³/mol. The van der Waals surface area contributed by atoms with E-state index in [1.54, 1.807) is 0 Å².